The molecule has 3 rings (SSSR count). The zero-order chi connectivity index (χ0) is 18.1. The van der Waals surface area contributed by atoms with Crippen LogP contribution >= 0.6 is 0 Å². The molecular weight excluding hydrogens is 322 g/mol. The molecule has 1 aromatic carbocycles. The third kappa shape index (κ3) is 3.25. The highest BCUT2D eigenvalue weighted by Crippen LogP contribution is 2.31. The van der Waals surface area contributed by atoms with Gasteiger partial charge in [-0.1, -0.05) is 6.92 Å². The van der Waals surface area contributed by atoms with Crippen LogP contribution in [0, 0.1) is 0 Å². The Labute approximate surface area is 146 Å². The van der Waals surface area contributed by atoms with Crippen LogP contribution in [0.4, 0.5) is 0 Å². The van der Waals surface area contributed by atoms with Gasteiger partial charge in [-0.2, -0.15) is 0 Å². The molecule has 2 N–H and O–H groups in total. The number of carboxylic acid groups (broad SMARTS) is 2. The van der Waals surface area contributed by atoms with Crippen LogP contribution in [0.25, 0.3) is 10.9 Å². The van der Waals surface area contributed by atoms with Crippen molar-refractivity contribution in [3.63, 3.8) is 0 Å². The highest BCUT2D eigenvalue weighted by Gasteiger charge is 2.32. The van der Waals surface area contributed by atoms with Crippen molar-refractivity contribution < 1.29 is 19.8 Å². The van der Waals surface area contributed by atoms with E-state index in [4.69, 9.17) is 0 Å². The van der Waals surface area contributed by atoms with Crippen LogP contribution in [-0.2, 0) is 11.8 Å². The van der Waals surface area contributed by atoms with Crippen molar-refractivity contribution in [2.24, 2.45) is 7.05 Å². The van der Waals surface area contributed by atoms with Crippen LogP contribution in [0.3, 0.4) is 0 Å². The number of aromatic carboxylic acids is 1. The predicted octanol–water partition coefficient (Wildman–Crippen LogP) is 1.64. The summed E-state index contributed by atoms with van der Waals surface area (Å²) in [5.74, 6) is -1.92. The van der Waals surface area contributed by atoms with E-state index in [1.807, 2.05) is 16.5 Å². The maximum atomic E-state index is 12.0. The fourth-order valence-electron chi connectivity index (χ4n) is 3.60. The van der Waals surface area contributed by atoms with Gasteiger partial charge >= 0.3 is 11.9 Å². The number of aromatic nitrogens is 1. The number of carbonyl (C=O) groups is 2. The van der Waals surface area contributed by atoms with E-state index in [-0.39, 0.29) is 5.56 Å². The van der Waals surface area contributed by atoms with E-state index in [9.17, 15) is 19.8 Å². The highest BCUT2D eigenvalue weighted by molar-refractivity contribution is 5.96. The maximum Gasteiger partial charge on any atom is 0.335 e. The zero-order valence-corrected chi connectivity index (χ0v) is 14.5. The zero-order valence-electron chi connectivity index (χ0n) is 14.5. The second kappa shape index (κ2) is 6.85. The average molecular weight is 345 g/mol. The maximum absolute atomic E-state index is 12.0. The molecule has 0 bridgehead atoms. The first-order valence-electron chi connectivity index (χ1n) is 8.43. The van der Waals surface area contributed by atoms with Crippen LogP contribution in [0.15, 0.2) is 24.4 Å². The summed E-state index contributed by atoms with van der Waals surface area (Å²) < 4.78 is 1.86. The smallest absolute Gasteiger partial charge is 0.335 e. The molecule has 1 aromatic heterocycles. The lowest BCUT2D eigenvalue weighted by atomic mass is 10.0. The van der Waals surface area contributed by atoms with Gasteiger partial charge in [-0.15, -0.1) is 0 Å². The Kier molecular flexibility index (Phi) is 4.78. The molecule has 1 atom stereocenters. The molecule has 7 heteroatoms. The molecule has 1 aliphatic heterocycles. The Morgan fingerprint density at radius 2 is 1.84 bits per heavy atom. The Morgan fingerprint density at radius 3 is 2.40 bits per heavy atom. The van der Waals surface area contributed by atoms with Crippen LogP contribution < -0.4 is 0 Å². The molecular formula is C18H23N3O4. The summed E-state index contributed by atoms with van der Waals surface area (Å²) in [6.45, 7) is 6.10. The first-order chi connectivity index (χ1) is 11.9. The van der Waals surface area contributed by atoms with Gasteiger partial charge in [0.2, 0.25) is 0 Å². The molecule has 0 saturated carbocycles. The van der Waals surface area contributed by atoms with Crippen LogP contribution in [0.2, 0.25) is 0 Å². The molecule has 134 valence electrons. The van der Waals surface area contributed by atoms with Gasteiger partial charge in [0.15, 0.2) is 0 Å². The second-order valence-electron chi connectivity index (χ2n) is 6.44. The first kappa shape index (κ1) is 17.4. The minimum absolute atomic E-state index is 0.167. The van der Waals surface area contributed by atoms with Gasteiger partial charge in [0.25, 0.3) is 0 Å². The lowest BCUT2D eigenvalue weighted by molar-refractivity contribution is -0.144. The highest BCUT2D eigenvalue weighted by atomic mass is 16.4. The fraction of sp³-hybridized carbons (Fsp3) is 0.444. The van der Waals surface area contributed by atoms with E-state index in [0.717, 1.165) is 25.2 Å². The molecule has 1 fully saturated rings. The molecule has 0 amide bonds. The molecule has 2 aromatic rings. The summed E-state index contributed by atoms with van der Waals surface area (Å²) in [7, 11) is 1.85. The van der Waals surface area contributed by atoms with Gasteiger partial charge in [0.05, 0.1) is 5.56 Å². The lowest BCUT2D eigenvalue weighted by Gasteiger charge is -2.37. The van der Waals surface area contributed by atoms with E-state index in [1.165, 1.54) is 0 Å². The molecule has 1 aliphatic rings. The van der Waals surface area contributed by atoms with Gasteiger partial charge in [-0.3, -0.25) is 9.69 Å². The van der Waals surface area contributed by atoms with Gasteiger partial charge in [-0.25, -0.2) is 4.79 Å². The molecule has 7 nitrogen and oxygen atoms in total. The van der Waals surface area contributed by atoms with Crippen molar-refractivity contribution in [2.75, 3.05) is 32.7 Å². The Morgan fingerprint density at radius 1 is 1.16 bits per heavy atom. The summed E-state index contributed by atoms with van der Waals surface area (Å²) in [5, 5.41) is 19.8. The minimum Gasteiger partial charge on any atom is -0.480 e. The topological polar surface area (TPSA) is 86.0 Å². The number of nitrogens with zero attached hydrogens (tertiary/aromatic N) is 3. The molecule has 0 aliphatic carbocycles. The first-order valence-corrected chi connectivity index (χ1v) is 8.43. The van der Waals surface area contributed by atoms with E-state index in [1.54, 1.807) is 24.4 Å². The molecule has 2 heterocycles. The molecule has 0 unspecified atom stereocenters. The van der Waals surface area contributed by atoms with E-state index in [0.29, 0.717) is 24.0 Å². The Balaban J connectivity index is 2.03. The number of hydrogen-bond acceptors (Lipinski definition) is 4. The average Bonchev–Trinajstić information content (AvgIpc) is 2.91. The lowest BCUT2D eigenvalue weighted by Crippen LogP contribution is -2.49. The number of benzene rings is 1. The summed E-state index contributed by atoms with van der Waals surface area (Å²) in [4.78, 5) is 27.6. The molecule has 0 spiro atoms. The van der Waals surface area contributed by atoms with Crippen LogP contribution in [-0.4, -0.2) is 69.2 Å². The minimum atomic E-state index is -1.01. The standard InChI is InChI=1S/C18H23N3O4/c1-3-20-6-8-21(9-7-20)16(18(24)25)14-11-19(2)15-5-4-12(17(22)23)10-13(14)15/h4-5,10-11,16H,3,6-9H2,1-2H3,(H,22,23)(H,24,25)/t16-/m1/s1. The number of aryl methyl sites for hydroxylation is 1. The van der Waals surface area contributed by atoms with E-state index < -0.39 is 18.0 Å². The second-order valence-corrected chi connectivity index (χ2v) is 6.44. The quantitative estimate of drug-likeness (QED) is 0.857. The largest absolute Gasteiger partial charge is 0.480 e. The van der Waals surface area contributed by atoms with E-state index >= 15 is 0 Å². The molecule has 25 heavy (non-hydrogen) atoms. The SMILES string of the molecule is CCN1CCN([C@@H](C(=O)O)c2cn(C)c3ccc(C(=O)O)cc23)CC1. The molecule has 0 radical (unpaired) electrons. The Hall–Kier alpha value is -2.38. The van der Waals surface area contributed by atoms with Crippen LogP contribution in [0.5, 0.6) is 0 Å². The van der Waals surface area contributed by atoms with Crippen LogP contribution in [0.1, 0.15) is 28.9 Å². The third-order valence-electron chi connectivity index (χ3n) is 5.01. The number of fused-ring (bicyclic) bond motifs is 1. The summed E-state index contributed by atoms with van der Waals surface area (Å²) in [6.07, 6.45) is 1.81. The summed E-state index contributed by atoms with van der Waals surface area (Å²) in [6, 6.07) is 4.08. The number of likely N-dealkylation sites (N-methyl/N-ethyl adjacent to an activating group) is 1. The van der Waals surface area contributed by atoms with Crippen molar-refractivity contribution in [3.05, 3.63) is 35.5 Å². The fourth-order valence-corrected chi connectivity index (χ4v) is 3.60. The van der Waals surface area contributed by atoms with Crippen molar-refractivity contribution >= 4 is 22.8 Å². The van der Waals surface area contributed by atoms with Gasteiger partial charge in [0, 0.05) is 55.9 Å². The molecule has 1 saturated heterocycles. The number of rotatable bonds is 5. The van der Waals surface area contributed by atoms with Crippen molar-refractivity contribution in [1.82, 2.24) is 14.4 Å². The predicted molar refractivity (Wildman–Crippen MR) is 93.9 cm³/mol. The van der Waals surface area contributed by atoms with Crippen molar-refractivity contribution in [1.29, 1.82) is 0 Å². The normalized spacial score (nSPS) is 17.7. The number of hydrogen-bond donors (Lipinski definition) is 2. The van der Waals surface area contributed by atoms with Crippen molar-refractivity contribution in [3.8, 4) is 0 Å². The number of carboxylic acids is 2. The summed E-state index contributed by atoms with van der Waals surface area (Å²) >= 11 is 0. The van der Waals surface area contributed by atoms with Gasteiger partial charge in [-0.05, 0) is 24.7 Å². The monoisotopic (exact) mass is 345 g/mol. The van der Waals surface area contributed by atoms with Gasteiger partial charge < -0.3 is 19.7 Å². The number of piperazine rings is 1. The van der Waals surface area contributed by atoms with Crippen molar-refractivity contribution in [2.45, 2.75) is 13.0 Å². The third-order valence-corrected chi connectivity index (χ3v) is 5.01. The summed E-state index contributed by atoms with van der Waals surface area (Å²) in [5.41, 5.74) is 1.65. The Bertz CT molecular complexity index is 806. The van der Waals surface area contributed by atoms with E-state index in [2.05, 4.69) is 11.8 Å². The van der Waals surface area contributed by atoms with Gasteiger partial charge in [0.1, 0.15) is 6.04 Å². The number of aliphatic carboxylic acids is 1.